The molecule has 0 radical (unpaired) electrons. The van der Waals surface area contributed by atoms with E-state index in [1.807, 2.05) is 11.3 Å². The van der Waals surface area contributed by atoms with Crippen molar-refractivity contribution >= 4 is 27.3 Å². The Labute approximate surface area is 130 Å². The lowest BCUT2D eigenvalue weighted by molar-refractivity contribution is 0.189. The standard InChI is InChI=1S/C16H26BrNS/c1-4-10-18-15(14-13(17)11-12(3)19-14)16(5-2)8-6-7-9-16/h11,15,18H,4-10H2,1-3H3. The minimum absolute atomic E-state index is 0.481. The van der Waals surface area contributed by atoms with Gasteiger partial charge in [0, 0.05) is 20.3 Å². The second-order valence-corrected chi connectivity index (χ2v) is 8.02. The van der Waals surface area contributed by atoms with E-state index in [-0.39, 0.29) is 0 Å². The second kappa shape index (κ2) is 6.73. The van der Waals surface area contributed by atoms with Gasteiger partial charge in [0.25, 0.3) is 0 Å². The van der Waals surface area contributed by atoms with Gasteiger partial charge >= 0.3 is 0 Å². The minimum Gasteiger partial charge on any atom is -0.309 e. The number of thiophene rings is 1. The van der Waals surface area contributed by atoms with Gasteiger partial charge in [0.15, 0.2) is 0 Å². The van der Waals surface area contributed by atoms with Gasteiger partial charge in [-0.25, -0.2) is 0 Å². The van der Waals surface area contributed by atoms with Gasteiger partial charge in [-0.3, -0.25) is 0 Å². The van der Waals surface area contributed by atoms with Gasteiger partial charge in [-0.2, -0.15) is 0 Å². The number of halogens is 1. The third-order valence-electron chi connectivity index (χ3n) is 4.61. The lowest BCUT2D eigenvalue weighted by atomic mass is 9.75. The molecule has 1 aliphatic carbocycles. The summed E-state index contributed by atoms with van der Waals surface area (Å²) in [5.41, 5.74) is 0.481. The number of rotatable bonds is 6. The summed E-state index contributed by atoms with van der Waals surface area (Å²) in [6.07, 6.45) is 8.07. The second-order valence-electron chi connectivity index (χ2n) is 5.88. The number of hydrogen-bond acceptors (Lipinski definition) is 2. The molecule has 1 N–H and O–H groups in total. The number of aryl methyl sites for hydroxylation is 1. The van der Waals surface area contributed by atoms with E-state index in [1.165, 1.54) is 52.8 Å². The molecule has 1 atom stereocenters. The van der Waals surface area contributed by atoms with Crippen LogP contribution >= 0.6 is 27.3 Å². The fourth-order valence-electron chi connectivity index (χ4n) is 3.50. The quantitative estimate of drug-likeness (QED) is 0.684. The van der Waals surface area contributed by atoms with E-state index < -0.39 is 0 Å². The normalized spacial score (nSPS) is 19.8. The third-order valence-corrected chi connectivity index (χ3v) is 6.65. The molecule has 0 aromatic carbocycles. The summed E-state index contributed by atoms with van der Waals surface area (Å²) in [5.74, 6) is 0. The van der Waals surface area contributed by atoms with Gasteiger partial charge in [0.1, 0.15) is 0 Å². The first-order valence-corrected chi connectivity index (χ1v) is 9.23. The molecular formula is C16H26BrNS. The summed E-state index contributed by atoms with van der Waals surface area (Å²) in [4.78, 5) is 2.93. The molecule has 0 aliphatic heterocycles. The highest BCUT2D eigenvalue weighted by Gasteiger charge is 2.41. The highest BCUT2D eigenvalue weighted by Crippen LogP contribution is 2.52. The molecule has 0 saturated heterocycles. The molecule has 0 bridgehead atoms. The van der Waals surface area contributed by atoms with Gasteiger partial charge in [-0.1, -0.05) is 26.7 Å². The molecule has 1 unspecified atom stereocenters. The van der Waals surface area contributed by atoms with Crippen LogP contribution in [0.25, 0.3) is 0 Å². The van der Waals surface area contributed by atoms with E-state index in [2.05, 4.69) is 48.1 Å². The molecule has 1 nitrogen and oxygen atoms in total. The van der Waals surface area contributed by atoms with Gasteiger partial charge < -0.3 is 5.32 Å². The van der Waals surface area contributed by atoms with Gasteiger partial charge in [0.05, 0.1) is 0 Å². The average Bonchev–Trinajstić information content (AvgIpc) is 2.98. The van der Waals surface area contributed by atoms with Crippen molar-refractivity contribution < 1.29 is 0 Å². The molecule has 3 heteroatoms. The van der Waals surface area contributed by atoms with Crippen molar-refractivity contribution in [2.24, 2.45) is 5.41 Å². The fraction of sp³-hybridized carbons (Fsp3) is 0.750. The zero-order chi connectivity index (χ0) is 13.9. The van der Waals surface area contributed by atoms with Crippen LogP contribution in [0, 0.1) is 12.3 Å². The molecule has 1 aliphatic rings. The molecular weight excluding hydrogens is 318 g/mol. The Bertz CT molecular complexity index is 407. The highest BCUT2D eigenvalue weighted by atomic mass is 79.9. The van der Waals surface area contributed by atoms with Crippen molar-refractivity contribution in [2.75, 3.05) is 6.54 Å². The van der Waals surface area contributed by atoms with E-state index in [0.29, 0.717) is 11.5 Å². The van der Waals surface area contributed by atoms with E-state index in [4.69, 9.17) is 0 Å². The van der Waals surface area contributed by atoms with Crippen LogP contribution in [0.15, 0.2) is 10.5 Å². The highest BCUT2D eigenvalue weighted by molar-refractivity contribution is 9.10. The topological polar surface area (TPSA) is 12.0 Å². The predicted molar refractivity (Wildman–Crippen MR) is 89.0 cm³/mol. The zero-order valence-corrected chi connectivity index (χ0v) is 14.8. The summed E-state index contributed by atoms with van der Waals surface area (Å²) in [6, 6.07) is 2.81. The van der Waals surface area contributed by atoms with Gasteiger partial charge in [0.2, 0.25) is 0 Å². The van der Waals surface area contributed by atoms with Crippen LogP contribution in [-0.4, -0.2) is 6.54 Å². The van der Waals surface area contributed by atoms with Crippen molar-refractivity contribution in [1.82, 2.24) is 5.32 Å². The van der Waals surface area contributed by atoms with E-state index in [0.717, 1.165) is 6.54 Å². The largest absolute Gasteiger partial charge is 0.309 e. The smallest absolute Gasteiger partial charge is 0.0483 e. The Morgan fingerprint density at radius 2 is 2.05 bits per heavy atom. The van der Waals surface area contributed by atoms with Crippen molar-refractivity contribution in [3.8, 4) is 0 Å². The van der Waals surface area contributed by atoms with E-state index >= 15 is 0 Å². The molecule has 1 aromatic heterocycles. The number of nitrogens with one attached hydrogen (secondary N) is 1. The molecule has 0 spiro atoms. The summed E-state index contributed by atoms with van der Waals surface area (Å²) in [6.45, 7) is 7.96. The Morgan fingerprint density at radius 1 is 1.37 bits per heavy atom. The van der Waals surface area contributed by atoms with Crippen LogP contribution in [0.1, 0.15) is 68.2 Å². The lowest BCUT2D eigenvalue weighted by Crippen LogP contribution is -2.36. The van der Waals surface area contributed by atoms with Crippen molar-refractivity contribution in [3.63, 3.8) is 0 Å². The van der Waals surface area contributed by atoms with Gasteiger partial charge in [-0.05, 0) is 66.6 Å². The van der Waals surface area contributed by atoms with Crippen molar-refractivity contribution in [1.29, 1.82) is 0 Å². The van der Waals surface area contributed by atoms with E-state index in [1.54, 1.807) is 0 Å². The molecule has 1 saturated carbocycles. The first-order valence-electron chi connectivity index (χ1n) is 7.62. The van der Waals surface area contributed by atoms with Gasteiger partial charge in [-0.15, -0.1) is 11.3 Å². The first kappa shape index (κ1) is 15.5. The maximum absolute atomic E-state index is 3.85. The zero-order valence-electron chi connectivity index (χ0n) is 12.4. The van der Waals surface area contributed by atoms with Crippen LogP contribution in [-0.2, 0) is 0 Å². The average molecular weight is 344 g/mol. The Morgan fingerprint density at radius 3 is 2.53 bits per heavy atom. The molecule has 108 valence electrons. The van der Waals surface area contributed by atoms with Crippen LogP contribution < -0.4 is 5.32 Å². The van der Waals surface area contributed by atoms with Crippen LogP contribution in [0.3, 0.4) is 0 Å². The molecule has 19 heavy (non-hydrogen) atoms. The maximum atomic E-state index is 3.85. The summed E-state index contributed by atoms with van der Waals surface area (Å²) >= 11 is 5.74. The Balaban J connectivity index is 2.32. The first-order chi connectivity index (χ1) is 9.13. The summed E-state index contributed by atoms with van der Waals surface area (Å²) < 4.78 is 1.31. The third kappa shape index (κ3) is 3.25. The molecule has 1 fully saturated rings. The van der Waals surface area contributed by atoms with E-state index in [9.17, 15) is 0 Å². The SMILES string of the molecule is CCCNC(c1sc(C)cc1Br)C1(CC)CCCC1. The maximum Gasteiger partial charge on any atom is 0.0483 e. The van der Waals surface area contributed by atoms with Crippen LogP contribution in [0.2, 0.25) is 0 Å². The number of hydrogen-bond donors (Lipinski definition) is 1. The monoisotopic (exact) mass is 343 g/mol. The Kier molecular flexibility index (Phi) is 5.50. The van der Waals surface area contributed by atoms with Crippen LogP contribution in [0.5, 0.6) is 0 Å². The van der Waals surface area contributed by atoms with Crippen molar-refractivity contribution in [3.05, 3.63) is 20.3 Å². The molecule has 1 aromatic rings. The fourth-order valence-corrected chi connectivity index (χ4v) is 5.60. The predicted octanol–water partition coefficient (Wildman–Crippen LogP) is 5.83. The molecule has 0 amide bonds. The minimum atomic E-state index is 0.481. The molecule has 1 heterocycles. The molecule has 2 rings (SSSR count). The van der Waals surface area contributed by atoms with Crippen LogP contribution in [0.4, 0.5) is 0 Å². The summed E-state index contributed by atoms with van der Waals surface area (Å²) in [5, 5.41) is 3.85. The van der Waals surface area contributed by atoms with Crippen molar-refractivity contribution in [2.45, 2.75) is 65.3 Å². The Hall–Kier alpha value is 0.140. The lowest BCUT2D eigenvalue weighted by Gasteiger charge is -2.37. The summed E-state index contributed by atoms with van der Waals surface area (Å²) in [7, 11) is 0.